The molecule has 84 valence electrons. The van der Waals surface area contributed by atoms with E-state index < -0.39 is 10.0 Å². The summed E-state index contributed by atoms with van der Waals surface area (Å²) in [5.41, 5.74) is 2.06. The largest absolute Gasteiger partial charge is 0.392 e. The molecule has 0 unspecified atom stereocenters. The smallest absolute Gasteiger partial charge is 0.232 e. The standard InChI is InChI=1S/C10H15NO3S/c1-3-15(13,14)11-10-6-9(7-12)5-4-8(10)2/h4-6,11-12H,3,7H2,1-2H3. The zero-order valence-electron chi connectivity index (χ0n) is 8.82. The van der Waals surface area contributed by atoms with E-state index in [-0.39, 0.29) is 12.4 Å². The fraction of sp³-hybridized carbons (Fsp3) is 0.400. The van der Waals surface area contributed by atoms with Crippen LogP contribution in [0, 0.1) is 6.92 Å². The van der Waals surface area contributed by atoms with Gasteiger partial charge in [0.15, 0.2) is 0 Å². The summed E-state index contributed by atoms with van der Waals surface area (Å²) in [4.78, 5) is 0. The zero-order chi connectivity index (χ0) is 11.5. The third-order valence-electron chi connectivity index (χ3n) is 2.13. The molecular weight excluding hydrogens is 214 g/mol. The van der Waals surface area contributed by atoms with Gasteiger partial charge in [-0.3, -0.25) is 4.72 Å². The summed E-state index contributed by atoms with van der Waals surface area (Å²) in [5, 5.41) is 8.93. The minimum Gasteiger partial charge on any atom is -0.392 e. The molecule has 0 aliphatic heterocycles. The van der Waals surface area contributed by atoms with Crippen molar-refractivity contribution >= 4 is 15.7 Å². The highest BCUT2D eigenvalue weighted by atomic mass is 32.2. The molecule has 0 aliphatic carbocycles. The lowest BCUT2D eigenvalue weighted by atomic mass is 10.1. The molecule has 0 heterocycles. The Hall–Kier alpha value is -1.07. The van der Waals surface area contributed by atoms with Crippen LogP contribution in [-0.2, 0) is 16.6 Å². The molecule has 1 aromatic rings. The van der Waals surface area contributed by atoms with E-state index in [1.54, 1.807) is 25.1 Å². The van der Waals surface area contributed by atoms with Crippen LogP contribution in [0.1, 0.15) is 18.1 Å². The van der Waals surface area contributed by atoms with Gasteiger partial charge in [-0.1, -0.05) is 12.1 Å². The molecule has 0 saturated heterocycles. The molecule has 0 atom stereocenters. The number of benzene rings is 1. The highest BCUT2D eigenvalue weighted by Crippen LogP contribution is 2.18. The lowest BCUT2D eigenvalue weighted by Crippen LogP contribution is -2.15. The normalized spacial score (nSPS) is 11.4. The maximum atomic E-state index is 11.3. The molecule has 0 fully saturated rings. The lowest BCUT2D eigenvalue weighted by molar-refractivity contribution is 0.282. The summed E-state index contributed by atoms with van der Waals surface area (Å²) in [6.07, 6.45) is 0. The van der Waals surface area contributed by atoms with Crippen LogP contribution in [0.25, 0.3) is 0 Å². The van der Waals surface area contributed by atoms with Crippen LogP contribution >= 0.6 is 0 Å². The average Bonchev–Trinajstić information content (AvgIpc) is 2.21. The van der Waals surface area contributed by atoms with Gasteiger partial charge >= 0.3 is 0 Å². The van der Waals surface area contributed by atoms with Crippen LogP contribution in [0.4, 0.5) is 5.69 Å². The first-order valence-corrected chi connectivity index (χ1v) is 6.34. The van der Waals surface area contributed by atoms with Crippen molar-refractivity contribution in [3.63, 3.8) is 0 Å². The van der Waals surface area contributed by atoms with Gasteiger partial charge in [0.05, 0.1) is 18.0 Å². The van der Waals surface area contributed by atoms with Crippen molar-refractivity contribution in [3.05, 3.63) is 29.3 Å². The minimum absolute atomic E-state index is 0.0375. The van der Waals surface area contributed by atoms with E-state index in [4.69, 9.17) is 5.11 Å². The number of aliphatic hydroxyl groups is 1. The molecule has 0 saturated carbocycles. The van der Waals surface area contributed by atoms with Crippen molar-refractivity contribution < 1.29 is 13.5 Å². The quantitative estimate of drug-likeness (QED) is 0.816. The Balaban J connectivity index is 3.04. The maximum Gasteiger partial charge on any atom is 0.232 e. The lowest BCUT2D eigenvalue weighted by Gasteiger charge is -2.10. The van der Waals surface area contributed by atoms with Crippen molar-refractivity contribution in [2.24, 2.45) is 0 Å². The second-order valence-electron chi connectivity index (χ2n) is 3.31. The molecule has 1 rings (SSSR count). The number of aliphatic hydroxyl groups excluding tert-OH is 1. The van der Waals surface area contributed by atoms with Gasteiger partial charge in [0, 0.05) is 0 Å². The highest BCUT2D eigenvalue weighted by molar-refractivity contribution is 7.92. The Morgan fingerprint density at radius 3 is 2.60 bits per heavy atom. The van der Waals surface area contributed by atoms with E-state index >= 15 is 0 Å². The van der Waals surface area contributed by atoms with Gasteiger partial charge in [-0.2, -0.15) is 0 Å². The van der Waals surface area contributed by atoms with E-state index in [1.165, 1.54) is 0 Å². The summed E-state index contributed by atoms with van der Waals surface area (Å²) >= 11 is 0. The number of sulfonamides is 1. The summed E-state index contributed by atoms with van der Waals surface area (Å²) in [7, 11) is -3.25. The number of nitrogens with one attached hydrogen (secondary N) is 1. The molecule has 5 heteroatoms. The van der Waals surface area contributed by atoms with Crippen LogP contribution in [-0.4, -0.2) is 19.3 Å². The fourth-order valence-electron chi connectivity index (χ4n) is 1.12. The molecule has 0 amide bonds. The van der Waals surface area contributed by atoms with Crippen molar-refractivity contribution in [2.45, 2.75) is 20.5 Å². The summed E-state index contributed by atoms with van der Waals surface area (Å²) < 4.78 is 25.2. The summed E-state index contributed by atoms with van der Waals surface area (Å²) in [6, 6.07) is 5.18. The average molecular weight is 229 g/mol. The molecule has 0 aromatic heterocycles. The van der Waals surface area contributed by atoms with Crippen molar-refractivity contribution in [1.82, 2.24) is 0 Å². The van der Waals surface area contributed by atoms with Crippen LogP contribution in [0.2, 0.25) is 0 Å². The number of anilines is 1. The van der Waals surface area contributed by atoms with Crippen LogP contribution in [0.5, 0.6) is 0 Å². The molecule has 0 radical (unpaired) electrons. The molecule has 1 aromatic carbocycles. The Bertz CT molecular complexity index is 440. The fourth-order valence-corrected chi connectivity index (χ4v) is 1.82. The number of rotatable bonds is 4. The van der Waals surface area contributed by atoms with Crippen molar-refractivity contribution in [1.29, 1.82) is 0 Å². The van der Waals surface area contributed by atoms with Crippen LogP contribution in [0.15, 0.2) is 18.2 Å². The number of hydrogen-bond acceptors (Lipinski definition) is 3. The third-order valence-corrected chi connectivity index (χ3v) is 3.42. The predicted octanol–water partition coefficient (Wildman–Crippen LogP) is 1.25. The van der Waals surface area contributed by atoms with E-state index in [9.17, 15) is 8.42 Å². The zero-order valence-corrected chi connectivity index (χ0v) is 9.63. The molecule has 4 nitrogen and oxygen atoms in total. The monoisotopic (exact) mass is 229 g/mol. The Morgan fingerprint density at radius 1 is 1.40 bits per heavy atom. The second-order valence-corrected chi connectivity index (χ2v) is 5.32. The summed E-state index contributed by atoms with van der Waals surface area (Å²) in [6.45, 7) is 3.30. The molecule has 0 aliphatic rings. The van der Waals surface area contributed by atoms with Crippen LogP contribution < -0.4 is 4.72 Å². The van der Waals surface area contributed by atoms with Crippen molar-refractivity contribution in [3.8, 4) is 0 Å². The second kappa shape index (κ2) is 4.63. The van der Waals surface area contributed by atoms with Gasteiger partial charge in [-0.05, 0) is 31.0 Å². The molecule has 0 spiro atoms. The Kier molecular flexibility index (Phi) is 3.71. The van der Waals surface area contributed by atoms with Gasteiger partial charge in [0.2, 0.25) is 10.0 Å². The van der Waals surface area contributed by atoms with E-state index in [1.807, 2.05) is 6.92 Å². The van der Waals surface area contributed by atoms with E-state index in [0.29, 0.717) is 11.3 Å². The SMILES string of the molecule is CCS(=O)(=O)Nc1cc(CO)ccc1C. The Morgan fingerprint density at radius 2 is 2.07 bits per heavy atom. The maximum absolute atomic E-state index is 11.3. The van der Waals surface area contributed by atoms with Gasteiger partial charge < -0.3 is 5.11 Å². The first-order chi connectivity index (χ1) is 6.98. The molecular formula is C10H15NO3S. The molecule has 2 N–H and O–H groups in total. The van der Waals surface area contributed by atoms with E-state index in [2.05, 4.69) is 4.72 Å². The van der Waals surface area contributed by atoms with Crippen molar-refractivity contribution in [2.75, 3.05) is 10.5 Å². The van der Waals surface area contributed by atoms with Gasteiger partial charge in [0.1, 0.15) is 0 Å². The first-order valence-electron chi connectivity index (χ1n) is 4.69. The highest BCUT2D eigenvalue weighted by Gasteiger charge is 2.08. The first kappa shape index (κ1) is 12.0. The van der Waals surface area contributed by atoms with Gasteiger partial charge in [-0.15, -0.1) is 0 Å². The Labute approximate surface area is 90.0 Å². The van der Waals surface area contributed by atoms with E-state index in [0.717, 1.165) is 5.56 Å². The topological polar surface area (TPSA) is 66.4 Å². The molecule has 15 heavy (non-hydrogen) atoms. The van der Waals surface area contributed by atoms with Gasteiger partial charge in [0.25, 0.3) is 0 Å². The number of hydrogen-bond donors (Lipinski definition) is 2. The molecule has 0 bridgehead atoms. The van der Waals surface area contributed by atoms with Gasteiger partial charge in [-0.25, -0.2) is 8.42 Å². The minimum atomic E-state index is -3.25. The van der Waals surface area contributed by atoms with Crippen LogP contribution in [0.3, 0.4) is 0 Å². The number of aryl methyl sites for hydroxylation is 1. The predicted molar refractivity (Wildman–Crippen MR) is 60.2 cm³/mol. The summed E-state index contributed by atoms with van der Waals surface area (Å²) in [5.74, 6) is 0.0375. The third kappa shape index (κ3) is 3.21.